The SMILES string of the molecule is COC(=O)C1(C(=O)OC)C[C@@H](c2ccc(OC)cc2)N(C(=O)c2ccccc2)N2c3ccccc3C=C[C@@H]21. The molecule has 5 rings (SSSR count). The van der Waals surface area contributed by atoms with Gasteiger partial charge in [0.1, 0.15) is 5.75 Å². The van der Waals surface area contributed by atoms with Crippen molar-refractivity contribution in [2.75, 3.05) is 26.3 Å². The van der Waals surface area contributed by atoms with Gasteiger partial charge in [-0.3, -0.25) is 19.4 Å². The second kappa shape index (κ2) is 10.0. The van der Waals surface area contributed by atoms with E-state index in [1.807, 2.05) is 48.5 Å². The van der Waals surface area contributed by atoms with Crippen LogP contribution >= 0.6 is 0 Å². The van der Waals surface area contributed by atoms with Crippen molar-refractivity contribution < 1.29 is 28.6 Å². The van der Waals surface area contributed by atoms with Gasteiger partial charge in [0.05, 0.1) is 39.1 Å². The third-order valence-electron chi connectivity index (χ3n) is 7.28. The van der Waals surface area contributed by atoms with Crippen LogP contribution in [0.4, 0.5) is 5.69 Å². The van der Waals surface area contributed by atoms with Crippen LogP contribution < -0.4 is 9.75 Å². The van der Waals surface area contributed by atoms with E-state index in [2.05, 4.69) is 0 Å². The first-order valence-corrected chi connectivity index (χ1v) is 12.2. The van der Waals surface area contributed by atoms with Crippen LogP contribution in [0.1, 0.15) is 33.9 Å². The predicted molar refractivity (Wildman–Crippen MR) is 141 cm³/mol. The molecule has 0 spiro atoms. The maximum Gasteiger partial charge on any atom is 0.325 e. The molecule has 0 saturated carbocycles. The molecule has 0 aromatic heterocycles. The topological polar surface area (TPSA) is 85.4 Å². The lowest BCUT2D eigenvalue weighted by Crippen LogP contribution is -2.68. The Balaban J connectivity index is 1.79. The average Bonchev–Trinajstić information content (AvgIpc) is 2.99. The van der Waals surface area contributed by atoms with Gasteiger partial charge in [-0.2, -0.15) is 0 Å². The number of rotatable bonds is 5. The Morgan fingerprint density at radius 3 is 2.08 bits per heavy atom. The van der Waals surface area contributed by atoms with E-state index in [-0.39, 0.29) is 12.3 Å². The molecule has 3 aromatic carbocycles. The largest absolute Gasteiger partial charge is 0.497 e. The molecule has 8 heteroatoms. The number of hydrogen-bond donors (Lipinski definition) is 0. The lowest BCUT2D eigenvalue weighted by Gasteiger charge is -2.56. The summed E-state index contributed by atoms with van der Waals surface area (Å²) in [6.07, 6.45) is 3.58. The molecule has 0 aliphatic carbocycles. The molecular formula is C30H28N2O6. The molecule has 8 nitrogen and oxygen atoms in total. The highest BCUT2D eigenvalue weighted by Crippen LogP contribution is 2.51. The number of anilines is 1. The monoisotopic (exact) mass is 512 g/mol. The van der Waals surface area contributed by atoms with E-state index in [9.17, 15) is 14.4 Å². The summed E-state index contributed by atoms with van der Waals surface area (Å²) in [5.74, 6) is -1.09. The molecule has 2 heterocycles. The quantitative estimate of drug-likeness (QED) is 0.369. The van der Waals surface area contributed by atoms with Crippen LogP contribution in [-0.4, -0.2) is 50.2 Å². The minimum absolute atomic E-state index is 0.0507. The maximum absolute atomic E-state index is 14.3. The number of benzene rings is 3. The third-order valence-corrected chi connectivity index (χ3v) is 7.28. The van der Waals surface area contributed by atoms with Gasteiger partial charge in [0.15, 0.2) is 5.41 Å². The number of para-hydroxylation sites is 1. The zero-order valence-corrected chi connectivity index (χ0v) is 21.4. The van der Waals surface area contributed by atoms with Gasteiger partial charge in [-0.15, -0.1) is 0 Å². The van der Waals surface area contributed by atoms with Crippen molar-refractivity contribution in [2.24, 2.45) is 5.41 Å². The van der Waals surface area contributed by atoms with Crippen molar-refractivity contribution in [2.45, 2.75) is 18.5 Å². The van der Waals surface area contributed by atoms with Crippen LogP contribution in [0, 0.1) is 5.41 Å². The van der Waals surface area contributed by atoms with Gasteiger partial charge in [0.25, 0.3) is 5.91 Å². The number of methoxy groups -OCH3 is 3. The molecule has 1 amide bonds. The number of fused-ring (bicyclic) bond motifs is 3. The molecule has 0 radical (unpaired) electrons. The fourth-order valence-corrected chi connectivity index (χ4v) is 5.44. The number of ether oxygens (including phenoxy) is 3. The number of esters is 2. The van der Waals surface area contributed by atoms with Gasteiger partial charge in [0.2, 0.25) is 0 Å². The lowest BCUT2D eigenvalue weighted by molar-refractivity contribution is -0.175. The fraction of sp³-hybridized carbons (Fsp3) is 0.233. The minimum atomic E-state index is -1.74. The molecule has 1 fully saturated rings. The Hall–Kier alpha value is -4.59. The summed E-state index contributed by atoms with van der Waals surface area (Å²) in [6.45, 7) is 0. The van der Waals surface area contributed by atoms with Crippen molar-refractivity contribution in [3.8, 4) is 5.75 Å². The Labute approximate surface area is 221 Å². The van der Waals surface area contributed by atoms with Gasteiger partial charge < -0.3 is 14.2 Å². The van der Waals surface area contributed by atoms with Gasteiger partial charge >= 0.3 is 11.9 Å². The summed E-state index contributed by atoms with van der Waals surface area (Å²) in [5.41, 5.74) is 0.970. The Morgan fingerprint density at radius 1 is 0.816 bits per heavy atom. The van der Waals surface area contributed by atoms with Crippen molar-refractivity contribution >= 4 is 29.6 Å². The molecule has 0 N–H and O–H groups in total. The molecule has 1 saturated heterocycles. The standard InChI is InChI=1S/C30H28N2O6/c1-36-23-16-13-21(14-17-23)25-19-30(28(34)37-2,29(35)38-3)26-18-15-20-9-7-8-12-24(20)31(26)32(25)27(33)22-10-5-4-6-11-22/h4-18,25-26H,19H2,1-3H3/t25-,26+/m0/s1. The van der Waals surface area contributed by atoms with Crippen molar-refractivity contribution in [1.82, 2.24) is 5.01 Å². The smallest absolute Gasteiger partial charge is 0.325 e. The van der Waals surface area contributed by atoms with Crippen LogP contribution in [0.3, 0.4) is 0 Å². The van der Waals surface area contributed by atoms with Crippen LogP contribution in [0.25, 0.3) is 6.08 Å². The van der Waals surface area contributed by atoms with Crippen molar-refractivity contribution in [3.63, 3.8) is 0 Å². The number of carbonyl (C=O) groups excluding carboxylic acids is 3. The van der Waals surface area contributed by atoms with E-state index in [0.717, 1.165) is 11.1 Å². The van der Waals surface area contributed by atoms with Crippen LogP contribution in [0.15, 0.2) is 84.9 Å². The summed E-state index contributed by atoms with van der Waals surface area (Å²) in [6, 6.07) is 22.1. The molecule has 2 atom stereocenters. The van der Waals surface area contributed by atoms with E-state index in [1.165, 1.54) is 14.2 Å². The summed E-state index contributed by atoms with van der Waals surface area (Å²) in [5, 5.41) is 3.39. The normalized spacial score (nSPS) is 19.1. The average molecular weight is 513 g/mol. The van der Waals surface area contributed by atoms with Gasteiger partial charge in [-0.1, -0.05) is 60.7 Å². The number of hydrogen-bond acceptors (Lipinski definition) is 7. The van der Waals surface area contributed by atoms with E-state index >= 15 is 0 Å². The first-order chi connectivity index (χ1) is 18.5. The van der Waals surface area contributed by atoms with Gasteiger partial charge in [-0.05, 0) is 41.5 Å². The van der Waals surface area contributed by atoms with Gasteiger partial charge in [0, 0.05) is 12.0 Å². The Morgan fingerprint density at radius 2 is 1.45 bits per heavy atom. The van der Waals surface area contributed by atoms with E-state index in [4.69, 9.17) is 14.2 Å². The number of carbonyl (C=O) groups is 3. The summed E-state index contributed by atoms with van der Waals surface area (Å²) < 4.78 is 15.8. The second-order valence-corrected chi connectivity index (χ2v) is 9.17. The Bertz CT molecular complexity index is 1370. The number of hydrazine groups is 1. The minimum Gasteiger partial charge on any atom is -0.497 e. The first kappa shape index (κ1) is 25.1. The second-order valence-electron chi connectivity index (χ2n) is 9.17. The summed E-state index contributed by atoms with van der Waals surface area (Å²) >= 11 is 0. The molecule has 0 unspecified atom stereocenters. The predicted octanol–water partition coefficient (Wildman–Crippen LogP) is 4.43. The van der Waals surface area contributed by atoms with Crippen LogP contribution in [-0.2, 0) is 19.1 Å². The molecule has 2 aliphatic rings. The number of nitrogens with zero attached hydrogens (tertiary/aromatic N) is 2. The maximum atomic E-state index is 14.3. The number of amides is 1. The molecule has 38 heavy (non-hydrogen) atoms. The Kier molecular flexibility index (Phi) is 6.63. The fourth-order valence-electron chi connectivity index (χ4n) is 5.44. The zero-order chi connectivity index (χ0) is 26.9. The molecular weight excluding hydrogens is 484 g/mol. The summed E-state index contributed by atoms with van der Waals surface area (Å²) in [4.78, 5) is 41.4. The first-order valence-electron chi connectivity index (χ1n) is 12.2. The third kappa shape index (κ3) is 3.89. The van der Waals surface area contributed by atoms with Crippen LogP contribution in [0.2, 0.25) is 0 Å². The van der Waals surface area contributed by atoms with E-state index in [1.54, 1.807) is 59.6 Å². The molecule has 194 valence electrons. The highest BCUT2D eigenvalue weighted by atomic mass is 16.5. The highest BCUT2D eigenvalue weighted by molar-refractivity contribution is 6.04. The van der Waals surface area contributed by atoms with E-state index in [0.29, 0.717) is 17.0 Å². The lowest BCUT2D eigenvalue weighted by atomic mass is 9.70. The highest BCUT2D eigenvalue weighted by Gasteiger charge is 2.63. The molecule has 0 bridgehead atoms. The van der Waals surface area contributed by atoms with Crippen molar-refractivity contribution in [3.05, 3.63) is 102 Å². The van der Waals surface area contributed by atoms with Gasteiger partial charge in [-0.25, -0.2) is 5.01 Å². The zero-order valence-electron chi connectivity index (χ0n) is 21.4. The van der Waals surface area contributed by atoms with E-state index < -0.39 is 29.4 Å². The van der Waals surface area contributed by atoms with Crippen molar-refractivity contribution in [1.29, 1.82) is 0 Å². The molecule has 3 aromatic rings. The molecule has 2 aliphatic heterocycles. The van der Waals surface area contributed by atoms with Crippen LogP contribution in [0.5, 0.6) is 5.75 Å². The summed E-state index contributed by atoms with van der Waals surface area (Å²) in [7, 11) is 4.07.